The van der Waals surface area contributed by atoms with Crippen LogP contribution in [0.3, 0.4) is 0 Å². The van der Waals surface area contributed by atoms with E-state index in [1.165, 1.54) is 11.3 Å². The highest BCUT2D eigenvalue weighted by Crippen LogP contribution is 2.31. The highest BCUT2D eigenvalue weighted by molar-refractivity contribution is 7.99. The zero-order valence-electron chi connectivity index (χ0n) is 12.0. The van der Waals surface area contributed by atoms with E-state index >= 15 is 0 Å². The van der Waals surface area contributed by atoms with Crippen molar-refractivity contribution in [3.8, 4) is 0 Å². The van der Waals surface area contributed by atoms with Gasteiger partial charge in [0.2, 0.25) is 0 Å². The SMILES string of the molecule is Nc1cc(C(F)(F)F)nc(SCCc2cc3c(Cl)csc3cn2)n1. The molecule has 0 aliphatic heterocycles. The number of fused-ring (bicyclic) bond motifs is 1. The minimum Gasteiger partial charge on any atom is -0.384 e. The molecule has 0 fully saturated rings. The summed E-state index contributed by atoms with van der Waals surface area (Å²) in [4.78, 5) is 11.6. The van der Waals surface area contributed by atoms with Crippen molar-refractivity contribution in [1.82, 2.24) is 15.0 Å². The molecule has 3 aromatic rings. The van der Waals surface area contributed by atoms with Crippen LogP contribution in [0.4, 0.5) is 19.0 Å². The zero-order valence-corrected chi connectivity index (χ0v) is 14.4. The molecule has 0 aromatic carbocycles. The van der Waals surface area contributed by atoms with Crippen LogP contribution in [0.15, 0.2) is 28.9 Å². The fraction of sp³-hybridized carbons (Fsp3) is 0.214. The fourth-order valence-corrected chi connectivity index (χ4v) is 3.92. The number of aryl methyl sites for hydroxylation is 1. The summed E-state index contributed by atoms with van der Waals surface area (Å²) < 4.78 is 39.1. The van der Waals surface area contributed by atoms with Crippen LogP contribution < -0.4 is 5.73 Å². The van der Waals surface area contributed by atoms with E-state index in [2.05, 4.69) is 15.0 Å². The first-order valence-electron chi connectivity index (χ1n) is 6.69. The first-order chi connectivity index (χ1) is 11.3. The van der Waals surface area contributed by atoms with E-state index in [9.17, 15) is 13.2 Å². The van der Waals surface area contributed by atoms with Crippen molar-refractivity contribution < 1.29 is 13.2 Å². The van der Waals surface area contributed by atoms with Crippen LogP contribution in [0, 0.1) is 0 Å². The molecule has 0 spiro atoms. The van der Waals surface area contributed by atoms with Gasteiger partial charge in [-0.15, -0.1) is 11.3 Å². The molecule has 0 amide bonds. The van der Waals surface area contributed by atoms with Gasteiger partial charge in [0, 0.05) is 34.5 Å². The Balaban J connectivity index is 1.69. The number of rotatable bonds is 4. The number of hydrogen-bond donors (Lipinski definition) is 1. The van der Waals surface area contributed by atoms with Crippen molar-refractivity contribution in [2.75, 3.05) is 11.5 Å². The fourth-order valence-electron chi connectivity index (χ4n) is 1.98. The average molecular weight is 391 g/mol. The highest BCUT2D eigenvalue weighted by Gasteiger charge is 2.33. The monoisotopic (exact) mass is 390 g/mol. The highest BCUT2D eigenvalue weighted by atomic mass is 35.5. The van der Waals surface area contributed by atoms with Gasteiger partial charge in [-0.25, -0.2) is 9.97 Å². The molecular formula is C14H10ClF3N4S2. The second-order valence-electron chi connectivity index (χ2n) is 4.81. The van der Waals surface area contributed by atoms with Crippen LogP contribution in [0.5, 0.6) is 0 Å². The molecule has 126 valence electrons. The van der Waals surface area contributed by atoms with Gasteiger partial charge in [-0.05, 0) is 12.5 Å². The number of thiophene rings is 1. The van der Waals surface area contributed by atoms with Crippen molar-refractivity contribution in [2.24, 2.45) is 0 Å². The van der Waals surface area contributed by atoms with E-state index < -0.39 is 11.9 Å². The molecule has 0 aliphatic carbocycles. The molecule has 3 heterocycles. The minimum absolute atomic E-state index is 0.00281. The van der Waals surface area contributed by atoms with Crippen molar-refractivity contribution in [3.63, 3.8) is 0 Å². The lowest BCUT2D eigenvalue weighted by molar-refractivity contribution is -0.141. The van der Waals surface area contributed by atoms with Gasteiger partial charge in [0.25, 0.3) is 0 Å². The van der Waals surface area contributed by atoms with Crippen LogP contribution in [0.1, 0.15) is 11.4 Å². The lowest BCUT2D eigenvalue weighted by Gasteiger charge is -2.08. The molecule has 4 nitrogen and oxygen atoms in total. The molecule has 0 saturated heterocycles. The Hall–Kier alpha value is -1.58. The van der Waals surface area contributed by atoms with Crippen LogP contribution in [-0.4, -0.2) is 20.7 Å². The number of hydrogen-bond acceptors (Lipinski definition) is 6. The van der Waals surface area contributed by atoms with Gasteiger partial charge < -0.3 is 5.73 Å². The molecule has 0 atom stereocenters. The molecule has 2 N–H and O–H groups in total. The Morgan fingerprint density at radius 2 is 2.04 bits per heavy atom. The smallest absolute Gasteiger partial charge is 0.384 e. The molecule has 3 aromatic heterocycles. The summed E-state index contributed by atoms with van der Waals surface area (Å²) in [6, 6.07) is 2.61. The predicted molar refractivity (Wildman–Crippen MR) is 90.5 cm³/mol. The van der Waals surface area contributed by atoms with Crippen LogP contribution in [0.25, 0.3) is 10.1 Å². The first kappa shape index (κ1) is 17.2. The minimum atomic E-state index is -4.55. The first-order valence-corrected chi connectivity index (χ1v) is 8.93. The topological polar surface area (TPSA) is 64.7 Å². The molecule has 24 heavy (non-hydrogen) atoms. The average Bonchev–Trinajstić information content (AvgIpc) is 2.87. The van der Waals surface area contributed by atoms with Crippen molar-refractivity contribution in [3.05, 3.63) is 40.1 Å². The Labute approximate surface area is 148 Å². The second-order valence-corrected chi connectivity index (χ2v) is 7.19. The lowest BCUT2D eigenvalue weighted by atomic mass is 10.2. The number of pyridine rings is 1. The number of anilines is 1. The molecule has 0 aliphatic rings. The van der Waals surface area contributed by atoms with E-state index in [1.54, 1.807) is 6.20 Å². The van der Waals surface area contributed by atoms with E-state index in [-0.39, 0.29) is 11.0 Å². The van der Waals surface area contributed by atoms with Crippen molar-refractivity contribution in [1.29, 1.82) is 0 Å². The van der Waals surface area contributed by atoms with Crippen molar-refractivity contribution in [2.45, 2.75) is 17.8 Å². The van der Waals surface area contributed by atoms with Gasteiger partial charge in [-0.1, -0.05) is 23.4 Å². The van der Waals surface area contributed by atoms with Gasteiger partial charge in [0.15, 0.2) is 10.9 Å². The molecule has 3 rings (SSSR count). The molecule has 10 heteroatoms. The maximum atomic E-state index is 12.7. The number of halogens is 4. The quantitative estimate of drug-likeness (QED) is 0.517. The van der Waals surface area contributed by atoms with Crippen molar-refractivity contribution >= 4 is 50.6 Å². The predicted octanol–water partition coefficient (Wildman–Crippen LogP) is 4.68. The third-order valence-electron chi connectivity index (χ3n) is 3.08. The summed E-state index contributed by atoms with van der Waals surface area (Å²) in [6.45, 7) is 0. The van der Waals surface area contributed by atoms with Crippen LogP contribution in [-0.2, 0) is 12.6 Å². The summed E-state index contributed by atoms with van der Waals surface area (Å²) in [5, 5.41) is 3.43. The molecule has 0 saturated carbocycles. The van der Waals surface area contributed by atoms with Gasteiger partial charge in [-0.2, -0.15) is 13.2 Å². The summed E-state index contributed by atoms with van der Waals surface area (Å²) in [7, 11) is 0. The molecular weight excluding hydrogens is 381 g/mol. The second kappa shape index (κ2) is 6.73. The maximum Gasteiger partial charge on any atom is 0.433 e. The van der Waals surface area contributed by atoms with E-state index in [4.69, 9.17) is 17.3 Å². The van der Waals surface area contributed by atoms with E-state index in [0.717, 1.165) is 33.6 Å². The Kier molecular flexibility index (Phi) is 4.84. The van der Waals surface area contributed by atoms with E-state index in [0.29, 0.717) is 17.2 Å². The normalized spacial score (nSPS) is 12.0. The Morgan fingerprint density at radius 3 is 2.79 bits per heavy atom. The number of aromatic nitrogens is 3. The van der Waals surface area contributed by atoms with E-state index in [1.807, 2.05) is 11.4 Å². The van der Waals surface area contributed by atoms with Gasteiger partial charge >= 0.3 is 6.18 Å². The largest absolute Gasteiger partial charge is 0.433 e. The lowest BCUT2D eigenvalue weighted by Crippen LogP contribution is -2.11. The number of nitrogens with zero attached hydrogens (tertiary/aromatic N) is 3. The Morgan fingerprint density at radius 1 is 1.25 bits per heavy atom. The summed E-state index contributed by atoms with van der Waals surface area (Å²) >= 11 is 8.70. The number of nitrogens with two attached hydrogens (primary N) is 1. The van der Waals surface area contributed by atoms with Gasteiger partial charge in [-0.3, -0.25) is 4.98 Å². The molecule has 0 unspecified atom stereocenters. The summed E-state index contributed by atoms with van der Waals surface area (Å²) in [5.41, 5.74) is 5.18. The third-order valence-corrected chi connectivity index (χ3v) is 5.30. The number of thioether (sulfide) groups is 1. The summed E-state index contributed by atoms with van der Waals surface area (Å²) in [6.07, 6.45) is -2.26. The maximum absolute atomic E-state index is 12.7. The molecule has 0 radical (unpaired) electrons. The Bertz CT molecular complexity index is 882. The van der Waals surface area contributed by atoms with Crippen LogP contribution >= 0.6 is 34.7 Å². The van der Waals surface area contributed by atoms with Gasteiger partial charge in [0.1, 0.15) is 5.82 Å². The molecule has 0 bridgehead atoms. The number of nitrogen functional groups attached to an aromatic ring is 1. The number of alkyl halides is 3. The standard InChI is InChI=1S/C14H10ClF3N4S2/c15-9-6-24-10-5-20-7(3-8(9)10)1-2-23-13-21-11(14(16,17)18)4-12(19)22-13/h3-6H,1-2H2,(H2,19,21,22). The summed E-state index contributed by atoms with van der Waals surface area (Å²) in [5.74, 6) is 0.269. The van der Waals surface area contributed by atoms with Crippen LogP contribution in [0.2, 0.25) is 5.02 Å². The van der Waals surface area contributed by atoms with Gasteiger partial charge in [0.05, 0.1) is 9.72 Å². The third kappa shape index (κ3) is 3.90. The zero-order chi connectivity index (χ0) is 17.3.